The Bertz CT molecular complexity index is 349. The van der Waals surface area contributed by atoms with Gasteiger partial charge in [-0.3, -0.25) is 9.79 Å². The highest BCUT2D eigenvalue weighted by Crippen LogP contribution is 2.21. The molecular weight excluding hydrogens is 387 g/mol. The highest BCUT2D eigenvalue weighted by atomic mass is 127. The van der Waals surface area contributed by atoms with E-state index in [4.69, 9.17) is 0 Å². The molecule has 0 aromatic rings. The normalized spacial score (nSPS) is 23.0. The fraction of sp³-hybridized carbons (Fsp3) is 0.846. The summed E-state index contributed by atoms with van der Waals surface area (Å²) in [5.74, 6) is 2.06. The number of amides is 1. The van der Waals surface area contributed by atoms with Crippen LogP contribution in [0.3, 0.4) is 0 Å². The number of rotatable bonds is 4. The van der Waals surface area contributed by atoms with Gasteiger partial charge in [0.15, 0.2) is 5.96 Å². The van der Waals surface area contributed by atoms with Crippen LogP contribution in [0.15, 0.2) is 4.99 Å². The molecule has 0 bridgehead atoms. The van der Waals surface area contributed by atoms with Gasteiger partial charge in [-0.05, 0) is 19.3 Å². The average Bonchev–Trinajstić information content (AvgIpc) is 3.23. The number of hydrogen-bond acceptors (Lipinski definition) is 3. The van der Waals surface area contributed by atoms with E-state index in [1.165, 1.54) is 6.42 Å². The van der Waals surface area contributed by atoms with Crippen LogP contribution in [-0.4, -0.2) is 60.5 Å². The molecule has 116 valence electrons. The number of halogens is 1. The molecule has 1 atom stereocenters. The Morgan fingerprint density at radius 2 is 2.20 bits per heavy atom. The van der Waals surface area contributed by atoms with Crippen LogP contribution in [0.25, 0.3) is 0 Å². The lowest BCUT2D eigenvalue weighted by Gasteiger charge is -2.34. The van der Waals surface area contributed by atoms with Gasteiger partial charge in [0.05, 0.1) is 6.54 Å². The second-order valence-corrected chi connectivity index (χ2v) is 6.50. The summed E-state index contributed by atoms with van der Waals surface area (Å²) in [6.07, 6.45) is 3.43. The fourth-order valence-corrected chi connectivity index (χ4v) is 3.34. The summed E-state index contributed by atoms with van der Waals surface area (Å²) in [7, 11) is 1.78. The second kappa shape index (κ2) is 8.96. The van der Waals surface area contributed by atoms with Crippen molar-refractivity contribution < 1.29 is 4.79 Å². The minimum absolute atomic E-state index is 0. The molecule has 20 heavy (non-hydrogen) atoms. The van der Waals surface area contributed by atoms with Crippen LogP contribution in [0, 0.1) is 0 Å². The Balaban J connectivity index is 0.00000200. The van der Waals surface area contributed by atoms with Crippen molar-refractivity contribution in [3.63, 3.8) is 0 Å². The molecule has 7 heteroatoms. The van der Waals surface area contributed by atoms with E-state index in [0.717, 1.165) is 37.6 Å². The number of nitrogens with one attached hydrogen (secondary N) is 2. The van der Waals surface area contributed by atoms with E-state index in [9.17, 15) is 4.79 Å². The van der Waals surface area contributed by atoms with E-state index in [2.05, 4.69) is 27.4 Å². The second-order valence-electron chi connectivity index (χ2n) is 5.09. The maximum absolute atomic E-state index is 11.7. The first-order valence-electron chi connectivity index (χ1n) is 7.09. The van der Waals surface area contributed by atoms with E-state index in [1.54, 1.807) is 7.05 Å². The zero-order valence-electron chi connectivity index (χ0n) is 12.2. The van der Waals surface area contributed by atoms with Gasteiger partial charge < -0.3 is 15.5 Å². The Morgan fingerprint density at radius 1 is 1.45 bits per heavy atom. The van der Waals surface area contributed by atoms with E-state index in [-0.39, 0.29) is 29.9 Å². The van der Waals surface area contributed by atoms with Crippen molar-refractivity contribution >= 4 is 47.6 Å². The molecule has 2 aliphatic rings. The van der Waals surface area contributed by atoms with Crippen LogP contribution in [-0.2, 0) is 4.79 Å². The predicted molar refractivity (Wildman–Crippen MR) is 96.1 cm³/mol. The van der Waals surface area contributed by atoms with Gasteiger partial charge in [-0.15, -0.1) is 24.0 Å². The summed E-state index contributed by atoms with van der Waals surface area (Å²) < 4.78 is 0. The van der Waals surface area contributed by atoms with Crippen molar-refractivity contribution in [1.29, 1.82) is 0 Å². The first-order valence-corrected chi connectivity index (χ1v) is 8.14. The molecule has 0 spiro atoms. The van der Waals surface area contributed by atoms with Crippen molar-refractivity contribution in [3.05, 3.63) is 0 Å². The highest BCUT2D eigenvalue weighted by molar-refractivity contribution is 14.0. The number of carbonyl (C=O) groups excluding carboxylic acids is 1. The van der Waals surface area contributed by atoms with E-state index >= 15 is 0 Å². The third-order valence-corrected chi connectivity index (χ3v) is 4.83. The van der Waals surface area contributed by atoms with Crippen LogP contribution in [0.1, 0.15) is 26.2 Å². The molecule has 2 fully saturated rings. The number of carbonyl (C=O) groups is 1. The maximum atomic E-state index is 11.7. The Labute approximate surface area is 142 Å². The Hall–Kier alpha value is -0.180. The first kappa shape index (κ1) is 17.9. The number of aliphatic imine (C=N–C) groups is 1. The molecule has 2 N–H and O–H groups in total. The predicted octanol–water partition coefficient (Wildman–Crippen LogP) is 1.29. The van der Waals surface area contributed by atoms with Crippen LogP contribution < -0.4 is 10.6 Å². The summed E-state index contributed by atoms with van der Waals surface area (Å²) in [6.45, 7) is 4.57. The Morgan fingerprint density at radius 3 is 2.80 bits per heavy atom. The van der Waals surface area contributed by atoms with Gasteiger partial charge in [0.25, 0.3) is 0 Å². The highest BCUT2D eigenvalue weighted by Gasteiger charge is 2.24. The van der Waals surface area contributed by atoms with Crippen LogP contribution >= 0.6 is 35.7 Å². The molecule has 1 aliphatic heterocycles. The molecule has 2 rings (SSSR count). The van der Waals surface area contributed by atoms with E-state index in [1.807, 2.05) is 11.8 Å². The van der Waals surface area contributed by atoms with Gasteiger partial charge in [-0.2, -0.15) is 11.8 Å². The minimum atomic E-state index is 0. The van der Waals surface area contributed by atoms with Gasteiger partial charge in [0, 0.05) is 37.2 Å². The molecule has 5 nitrogen and oxygen atoms in total. The minimum Gasteiger partial charge on any atom is -0.352 e. The molecule has 1 amide bonds. The van der Waals surface area contributed by atoms with E-state index in [0.29, 0.717) is 17.8 Å². The van der Waals surface area contributed by atoms with Gasteiger partial charge in [0.2, 0.25) is 5.91 Å². The summed E-state index contributed by atoms with van der Waals surface area (Å²) in [4.78, 5) is 18.2. The van der Waals surface area contributed by atoms with Crippen molar-refractivity contribution in [2.24, 2.45) is 4.99 Å². The zero-order valence-corrected chi connectivity index (χ0v) is 15.4. The van der Waals surface area contributed by atoms with Gasteiger partial charge >= 0.3 is 0 Å². The number of nitrogens with zero attached hydrogens (tertiary/aromatic N) is 2. The summed E-state index contributed by atoms with van der Waals surface area (Å²) >= 11 is 2.03. The number of thioether (sulfide) groups is 1. The third kappa shape index (κ3) is 5.67. The summed E-state index contributed by atoms with van der Waals surface area (Å²) in [5.41, 5.74) is 0. The van der Waals surface area contributed by atoms with Crippen molar-refractivity contribution in [2.45, 2.75) is 37.5 Å². The molecule has 1 heterocycles. The number of guanidine groups is 1. The maximum Gasteiger partial charge on any atom is 0.239 e. The fourth-order valence-electron chi connectivity index (χ4n) is 2.16. The SMILES string of the molecule is CCC1CN(C(=NC)NCC(=O)NC2CC2)CCS1.I. The summed E-state index contributed by atoms with van der Waals surface area (Å²) in [6, 6.07) is 0.423. The van der Waals surface area contributed by atoms with Gasteiger partial charge in [0.1, 0.15) is 0 Å². The molecule has 0 aromatic carbocycles. The average molecular weight is 412 g/mol. The zero-order chi connectivity index (χ0) is 13.7. The molecule has 1 unspecified atom stereocenters. The number of hydrogen-bond donors (Lipinski definition) is 2. The standard InChI is InChI=1S/C13H24N4OS.HI/c1-3-11-9-17(6-7-19-11)13(14-2)15-8-12(18)16-10-4-5-10;/h10-11H,3-9H2,1-2H3,(H,14,15)(H,16,18);1H. The van der Waals surface area contributed by atoms with Gasteiger partial charge in [-0.1, -0.05) is 6.92 Å². The molecule has 1 saturated heterocycles. The van der Waals surface area contributed by atoms with Crippen LogP contribution in [0.5, 0.6) is 0 Å². The van der Waals surface area contributed by atoms with Crippen LogP contribution in [0.4, 0.5) is 0 Å². The lowest BCUT2D eigenvalue weighted by molar-refractivity contribution is -0.120. The van der Waals surface area contributed by atoms with Crippen molar-refractivity contribution in [2.75, 3.05) is 32.4 Å². The van der Waals surface area contributed by atoms with Crippen LogP contribution in [0.2, 0.25) is 0 Å². The monoisotopic (exact) mass is 412 g/mol. The first-order chi connectivity index (χ1) is 9.22. The summed E-state index contributed by atoms with van der Waals surface area (Å²) in [5, 5.41) is 6.82. The van der Waals surface area contributed by atoms with Gasteiger partial charge in [-0.25, -0.2) is 0 Å². The third-order valence-electron chi connectivity index (χ3n) is 3.45. The lowest BCUT2D eigenvalue weighted by Crippen LogP contribution is -2.50. The molecule has 1 aliphatic carbocycles. The lowest BCUT2D eigenvalue weighted by atomic mass is 10.3. The van der Waals surface area contributed by atoms with Crippen molar-refractivity contribution in [3.8, 4) is 0 Å². The van der Waals surface area contributed by atoms with Crippen molar-refractivity contribution in [1.82, 2.24) is 15.5 Å². The largest absolute Gasteiger partial charge is 0.352 e. The molecule has 0 aromatic heterocycles. The smallest absolute Gasteiger partial charge is 0.239 e. The van der Waals surface area contributed by atoms with E-state index < -0.39 is 0 Å². The molecule has 0 radical (unpaired) electrons. The Kier molecular flexibility index (Phi) is 8.01. The molecular formula is C13H25IN4OS. The topological polar surface area (TPSA) is 56.7 Å². The quantitative estimate of drug-likeness (QED) is 0.415. The molecule has 1 saturated carbocycles.